The quantitative estimate of drug-likeness (QED) is 0.924. The lowest BCUT2D eigenvalue weighted by molar-refractivity contribution is 0.0575. The lowest BCUT2D eigenvalue weighted by atomic mass is 10.0. The van der Waals surface area contributed by atoms with Crippen LogP contribution in [0.4, 0.5) is 4.39 Å². The van der Waals surface area contributed by atoms with Crippen LogP contribution in [0.15, 0.2) is 24.3 Å². The van der Waals surface area contributed by atoms with Gasteiger partial charge in [-0.25, -0.2) is 4.39 Å². The zero-order valence-electron chi connectivity index (χ0n) is 12.8. The van der Waals surface area contributed by atoms with Crippen molar-refractivity contribution in [2.24, 2.45) is 5.73 Å². The zero-order valence-corrected chi connectivity index (χ0v) is 12.8. The molecule has 0 spiro atoms. The van der Waals surface area contributed by atoms with E-state index in [1.165, 1.54) is 32.0 Å². The van der Waals surface area contributed by atoms with E-state index in [-0.39, 0.29) is 11.9 Å². The molecular weight excluding hydrogens is 265 g/mol. The predicted octanol–water partition coefficient (Wildman–Crippen LogP) is 2.38. The Kier molecular flexibility index (Phi) is 4.57. The lowest BCUT2D eigenvalue weighted by Crippen LogP contribution is -2.55. The van der Waals surface area contributed by atoms with Gasteiger partial charge < -0.3 is 5.73 Å². The SMILES string of the molecule is CC1CN2CCCC2CN1CCC(N)c1cccc(F)c1. The van der Waals surface area contributed by atoms with Gasteiger partial charge in [-0.2, -0.15) is 0 Å². The van der Waals surface area contributed by atoms with E-state index in [0.29, 0.717) is 6.04 Å². The second-order valence-corrected chi connectivity index (χ2v) is 6.59. The molecule has 2 fully saturated rings. The van der Waals surface area contributed by atoms with Crippen LogP contribution in [-0.2, 0) is 0 Å². The minimum atomic E-state index is -0.198. The van der Waals surface area contributed by atoms with E-state index in [2.05, 4.69) is 16.7 Å². The van der Waals surface area contributed by atoms with Gasteiger partial charge in [0.25, 0.3) is 0 Å². The summed E-state index contributed by atoms with van der Waals surface area (Å²) in [5.74, 6) is -0.198. The molecule has 116 valence electrons. The Morgan fingerprint density at radius 1 is 1.38 bits per heavy atom. The van der Waals surface area contributed by atoms with Gasteiger partial charge in [0.1, 0.15) is 5.82 Å². The van der Waals surface area contributed by atoms with Crippen molar-refractivity contribution in [1.82, 2.24) is 9.80 Å². The van der Waals surface area contributed by atoms with Crippen molar-refractivity contribution in [1.29, 1.82) is 0 Å². The molecule has 21 heavy (non-hydrogen) atoms. The first kappa shape index (κ1) is 14.9. The van der Waals surface area contributed by atoms with Gasteiger partial charge in [-0.1, -0.05) is 12.1 Å². The van der Waals surface area contributed by atoms with Crippen molar-refractivity contribution >= 4 is 0 Å². The number of halogens is 1. The molecule has 2 aliphatic heterocycles. The third-order valence-corrected chi connectivity index (χ3v) is 5.07. The fourth-order valence-corrected chi connectivity index (χ4v) is 3.77. The monoisotopic (exact) mass is 291 g/mol. The highest BCUT2D eigenvalue weighted by atomic mass is 19.1. The smallest absolute Gasteiger partial charge is 0.123 e. The second-order valence-electron chi connectivity index (χ2n) is 6.59. The molecule has 0 aromatic heterocycles. The summed E-state index contributed by atoms with van der Waals surface area (Å²) in [6, 6.07) is 7.96. The first-order chi connectivity index (χ1) is 10.1. The van der Waals surface area contributed by atoms with E-state index >= 15 is 0 Å². The van der Waals surface area contributed by atoms with Crippen LogP contribution in [0, 0.1) is 5.82 Å². The van der Waals surface area contributed by atoms with Crippen molar-refractivity contribution in [3.05, 3.63) is 35.6 Å². The first-order valence-corrected chi connectivity index (χ1v) is 8.12. The number of benzene rings is 1. The first-order valence-electron chi connectivity index (χ1n) is 8.12. The van der Waals surface area contributed by atoms with E-state index in [1.54, 1.807) is 12.1 Å². The number of fused-ring (bicyclic) bond motifs is 1. The van der Waals surface area contributed by atoms with Gasteiger partial charge in [-0.15, -0.1) is 0 Å². The minimum absolute atomic E-state index is 0.0745. The van der Waals surface area contributed by atoms with Crippen molar-refractivity contribution < 1.29 is 4.39 Å². The summed E-state index contributed by atoms with van der Waals surface area (Å²) in [7, 11) is 0. The Morgan fingerprint density at radius 2 is 2.24 bits per heavy atom. The number of nitrogens with two attached hydrogens (primary N) is 1. The molecule has 0 saturated carbocycles. The van der Waals surface area contributed by atoms with Crippen LogP contribution in [0.3, 0.4) is 0 Å². The number of piperazine rings is 1. The van der Waals surface area contributed by atoms with Gasteiger partial charge in [-0.05, 0) is 50.4 Å². The van der Waals surface area contributed by atoms with E-state index in [1.807, 2.05) is 6.07 Å². The van der Waals surface area contributed by atoms with Gasteiger partial charge in [0.15, 0.2) is 0 Å². The molecule has 0 aliphatic carbocycles. The van der Waals surface area contributed by atoms with Gasteiger partial charge in [-0.3, -0.25) is 9.80 Å². The van der Waals surface area contributed by atoms with Crippen molar-refractivity contribution in [2.75, 3.05) is 26.2 Å². The Hall–Kier alpha value is -0.970. The highest BCUT2D eigenvalue weighted by Gasteiger charge is 2.34. The summed E-state index contributed by atoms with van der Waals surface area (Å²) in [5, 5.41) is 0. The fraction of sp³-hybridized carbons (Fsp3) is 0.647. The van der Waals surface area contributed by atoms with Gasteiger partial charge in [0.05, 0.1) is 0 Å². The molecule has 3 unspecified atom stereocenters. The molecule has 3 nitrogen and oxygen atoms in total. The average Bonchev–Trinajstić information content (AvgIpc) is 2.91. The highest BCUT2D eigenvalue weighted by Crippen LogP contribution is 2.25. The molecule has 3 atom stereocenters. The Balaban J connectivity index is 1.54. The van der Waals surface area contributed by atoms with Crippen LogP contribution in [0.25, 0.3) is 0 Å². The Bertz CT molecular complexity index is 479. The van der Waals surface area contributed by atoms with Crippen LogP contribution < -0.4 is 5.73 Å². The summed E-state index contributed by atoms with van der Waals surface area (Å²) in [6.07, 6.45) is 3.56. The van der Waals surface area contributed by atoms with Crippen molar-refractivity contribution in [2.45, 2.75) is 44.3 Å². The van der Waals surface area contributed by atoms with Gasteiger partial charge in [0.2, 0.25) is 0 Å². The largest absolute Gasteiger partial charge is 0.324 e. The average molecular weight is 291 g/mol. The van der Waals surface area contributed by atoms with Crippen LogP contribution >= 0.6 is 0 Å². The fourth-order valence-electron chi connectivity index (χ4n) is 3.77. The summed E-state index contributed by atoms with van der Waals surface area (Å²) in [6.45, 7) is 6.92. The van der Waals surface area contributed by atoms with Crippen molar-refractivity contribution in [3.63, 3.8) is 0 Å². The van der Waals surface area contributed by atoms with Crippen LogP contribution in [0.2, 0.25) is 0 Å². The highest BCUT2D eigenvalue weighted by molar-refractivity contribution is 5.19. The summed E-state index contributed by atoms with van der Waals surface area (Å²) in [4.78, 5) is 5.19. The molecule has 1 aromatic carbocycles. The maximum absolute atomic E-state index is 13.3. The van der Waals surface area contributed by atoms with E-state index in [9.17, 15) is 4.39 Å². The number of nitrogens with zero attached hydrogens (tertiary/aromatic N) is 2. The normalized spacial score (nSPS) is 28.5. The van der Waals surface area contributed by atoms with Crippen LogP contribution in [0.1, 0.15) is 37.8 Å². The molecule has 2 aliphatic rings. The second kappa shape index (κ2) is 6.42. The van der Waals surface area contributed by atoms with Gasteiger partial charge in [0, 0.05) is 37.8 Å². The third kappa shape index (κ3) is 3.44. The summed E-state index contributed by atoms with van der Waals surface area (Å²) >= 11 is 0. The number of hydrogen-bond donors (Lipinski definition) is 1. The van der Waals surface area contributed by atoms with Gasteiger partial charge >= 0.3 is 0 Å². The van der Waals surface area contributed by atoms with E-state index in [0.717, 1.165) is 31.1 Å². The van der Waals surface area contributed by atoms with Crippen LogP contribution in [0.5, 0.6) is 0 Å². The molecule has 0 radical (unpaired) electrons. The molecule has 0 bridgehead atoms. The van der Waals surface area contributed by atoms with Crippen LogP contribution in [-0.4, -0.2) is 48.1 Å². The Morgan fingerprint density at radius 3 is 3.05 bits per heavy atom. The predicted molar refractivity (Wildman–Crippen MR) is 83.6 cm³/mol. The molecule has 2 N–H and O–H groups in total. The number of hydrogen-bond acceptors (Lipinski definition) is 3. The molecule has 2 heterocycles. The summed E-state index contributed by atoms with van der Waals surface area (Å²) < 4.78 is 13.3. The lowest BCUT2D eigenvalue weighted by Gasteiger charge is -2.42. The molecule has 3 rings (SSSR count). The molecule has 1 aromatic rings. The molecule has 0 amide bonds. The van der Waals surface area contributed by atoms with E-state index in [4.69, 9.17) is 5.73 Å². The molecule has 4 heteroatoms. The molecular formula is C17H26FN3. The Labute approximate surface area is 126 Å². The maximum Gasteiger partial charge on any atom is 0.123 e. The minimum Gasteiger partial charge on any atom is -0.324 e. The van der Waals surface area contributed by atoms with E-state index < -0.39 is 0 Å². The molecule has 2 saturated heterocycles. The maximum atomic E-state index is 13.3. The third-order valence-electron chi connectivity index (χ3n) is 5.07. The van der Waals surface area contributed by atoms with Crippen molar-refractivity contribution in [3.8, 4) is 0 Å². The zero-order chi connectivity index (χ0) is 14.8. The number of rotatable bonds is 4. The standard InChI is InChI=1S/C17H26FN3/c1-13-11-21-8-3-6-16(21)12-20(13)9-7-17(19)14-4-2-5-15(18)10-14/h2,4-5,10,13,16-17H,3,6-9,11-12,19H2,1H3. The summed E-state index contributed by atoms with van der Waals surface area (Å²) in [5.41, 5.74) is 7.13. The topological polar surface area (TPSA) is 32.5 Å².